The van der Waals surface area contributed by atoms with Gasteiger partial charge in [-0.1, -0.05) is 6.07 Å². The lowest BCUT2D eigenvalue weighted by Crippen LogP contribution is -2.43. The zero-order valence-electron chi connectivity index (χ0n) is 21.7. The van der Waals surface area contributed by atoms with Crippen molar-refractivity contribution in [3.05, 3.63) is 76.1 Å². The van der Waals surface area contributed by atoms with Crippen LogP contribution in [0.25, 0.3) is 0 Å². The fourth-order valence-corrected chi connectivity index (χ4v) is 5.25. The Morgan fingerprint density at radius 2 is 1.89 bits per heavy atom. The smallest absolute Gasteiger partial charge is 0.371 e. The van der Waals surface area contributed by atoms with Crippen LogP contribution in [0.5, 0.6) is 0 Å². The maximum absolute atomic E-state index is 13.7. The molecular formula is C28H33F3N6O. The summed E-state index contributed by atoms with van der Waals surface area (Å²) in [7, 11) is 2.03. The third kappa shape index (κ3) is 6.02. The topological polar surface area (TPSA) is 63.2 Å². The standard InChI is InChI=1S/C28H33F3N6O/c1-19-9-21-3-4-22(12-23(21)17-37(19)26-14-32-18-33-15-26)27(38)34-25-11-20(10-24(13-25)28(29,30)31)16-36-7-5-35(2)6-8-36/h3-4,10-15,19,32H,5-9,16-18H2,1-2H3,(H,34,38). The third-order valence-corrected chi connectivity index (χ3v) is 7.42. The number of fused-ring (bicyclic) bond motifs is 1. The number of likely N-dealkylation sites (N-methyl/N-ethyl adjacent to an activating group) is 1. The summed E-state index contributed by atoms with van der Waals surface area (Å²) in [6.45, 7) is 7.06. The largest absolute Gasteiger partial charge is 0.416 e. The van der Waals surface area contributed by atoms with Crippen LogP contribution in [0.2, 0.25) is 0 Å². The first-order valence-corrected chi connectivity index (χ1v) is 12.9. The van der Waals surface area contributed by atoms with Crippen molar-refractivity contribution in [1.29, 1.82) is 0 Å². The van der Waals surface area contributed by atoms with Gasteiger partial charge >= 0.3 is 6.18 Å². The molecule has 0 aliphatic carbocycles. The molecule has 3 heterocycles. The van der Waals surface area contributed by atoms with Crippen LogP contribution in [0.15, 0.2) is 53.3 Å². The molecule has 2 aromatic carbocycles. The molecule has 1 amide bonds. The quantitative estimate of drug-likeness (QED) is 0.619. The van der Waals surface area contributed by atoms with E-state index in [0.29, 0.717) is 30.9 Å². The van der Waals surface area contributed by atoms with Gasteiger partial charge in [-0.2, -0.15) is 13.2 Å². The van der Waals surface area contributed by atoms with Crippen LogP contribution in [-0.2, 0) is 25.7 Å². The van der Waals surface area contributed by atoms with E-state index in [1.165, 1.54) is 11.6 Å². The molecule has 0 bridgehead atoms. The molecule has 0 radical (unpaired) electrons. The molecule has 3 aliphatic heterocycles. The zero-order chi connectivity index (χ0) is 26.9. The van der Waals surface area contributed by atoms with Gasteiger partial charge in [0.05, 0.1) is 11.3 Å². The molecule has 0 spiro atoms. The molecule has 5 rings (SSSR count). The molecule has 10 heteroatoms. The highest BCUT2D eigenvalue weighted by molar-refractivity contribution is 6.04. The first-order chi connectivity index (χ1) is 18.2. The molecule has 0 aromatic heterocycles. The number of rotatable bonds is 5. The van der Waals surface area contributed by atoms with E-state index in [9.17, 15) is 18.0 Å². The number of halogens is 3. The van der Waals surface area contributed by atoms with Crippen molar-refractivity contribution in [2.75, 3.05) is 45.2 Å². The van der Waals surface area contributed by atoms with E-state index < -0.39 is 17.6 Å². The zero-order valence-corrected chi connectivity index (χ0v) is 21.7. The molecule has 1 atom stereocenters. The number of hydrogen-bond acceptors (Lipinski definition) is 6. The van der Waals surface area contributed by atoms with Gasteiger partial charge in [-0.25, -0.2) is 0 Å². The van der Waals surface area contributed by atoms with Crippen LogP contribution in [0.3, 0.4) is 0 Å². The molecule has 202 valence electrons. The van der Waals surface area contributed by atoms with Crippen LogP contribution in [0.4, 0.5) is 18.9 Å². The summed E-state index contributed by atoms with van der Waals surface area (Å²) >= 11 is 0. The number of allylic oxidation sites excluding steroid dienone is 1. The van der Waals surface area contributed by atoms with Gasteiger partial charge in [0, 0.05) is 69.0 Å². The Labute approximate surface area is 221 Å². The Morgan fingerprint density at radius 1 is 1.11 bits per heavy atom. The number of benzene rings is 2. The average Bonchev–Trinajstić information content (AvgIpc) is 2.89. The number of aliphatic imine (C=N–C) groups is 1. The predicted molar refractivity (Wildman–Crippen MR) is 142 cm³/mol. The molecule has 3 aliphatic rings. The molecule has 2 aromatic rings. The van der Waals surface area contributed by atoms with Crippen LogP contribution in [-0.4, -0.2) is 72.8 Å². The number of carbonyl (C=O) groups is 1. The number of nitrogens with one attached hydrogen (secondary N) is 2. The molecular weight excluding hydrogens is 493 g/mol. The van der Waals surface area contributed by atoms with Crippen LogP contribution >= 0.6 is 0 Å². The average molecular weight is 527 g/mol. The molecule has 38 heavy (non-hydrogen) atoms. The minimum Gasteiger partial charge on any atom is -0.371 e. The first kappa shape index (κ1) is 26.2. The van der Waals surface area contributed by atoms with Gasteiger partial charge in [0.2, 0.25) is 0 Å². The van der Waals surface area contributed by atoms with Crippen LogP contribution in [0.1, 0.15) is 39.5 Å². The molecule has 2 N–H and O–H groups in total. The van der Waals surface area contributed by atoms with Crippen molar-refractivity contribution in [2.45, 2.75) is 38.7 Å². The van der Waals surface area contributed by atoms with E-state index in [0.717, 1.165) is 49.9 Å². The number of nitrogens with zero attached hydrogens (tertiary/aromatic N) is 4. The highest BCUT2D eigenvalue weighted by atomic mass is 19.4. The normalized spacial score (nSPS) is 20.5. The lowest BCUT2D eigenvalue weighted by Gasteiger charge is -2.37. The number of anilines is 1. The van der Waals surface area contributed by atoms with Crippen molar-refractivity contribution in [1.82, 2.24) is 20.0 Å². The van der Waals surface area contributed by atoms with Crippen LogP contribution < -0.4 is 10.6 Å². The minimum atomic E-state index is -4.50. The summed E-state index contributed by atoms with van der Waals surface area (Å²) in [5.74, 6) is -0.428. The number of carbonyl (C=O) groups excluding carboxylic acids is 1. The lowest BCUT2D eigenvalue weighted by atomic mass is 9.92. The number of amides is 1. The van der Waals surface area contributed by atoms with Crippen molar-refractivity contribution in [2.24, 2.45) is 4.99 Å². The number of hydrogen-bond donors (Lipinski definition) is 2. The molecule has 1 fully saturated rings. The van der Waals surface area contributed by atoms with Gasteiger partial charge in [-0.3, -0.25) is 14.7 Å². The second-order valence-corrected chi connectivity index (χ2v) is 10.4. The fourth-order valence-electron chi connectivity index (χ4n) is 5.25. The van der Waals surface area contributed by atoms with Crippen molar-refractivity contribution < 1.29 is 18.0 Å². The third-order valence-electron chi connectivity index (χ3n) is 7.42. The number of alkyl halides is 3. The maximum atomic E-state index is 13.7. The second-order valence-electron chi connectivity index (χ2n) is 10.4. The van der Waals surface area contributed by atoms with Gasteiger partial charge < -0.3 is 20.4 Å². The molecule has 7 nitrogen and oxygen atoms in total. The molecule has 1 saturated heterocycles. The van der Waals surface area contributed by atoms with E-state index in [2.05, 4.69) is 37.2 Å². The number of piperazine rings is 1. The van der Waals surface area contributed by atoms with E-state index in [1.807, 2.05) is 31.6 Å². The molecule has 0 saturated carbocycles. The Kier molecular flexibility index (Phi) is 7.45. The second kappa shape index (κ2) is 10.8. The van der Waals surface area contributed by atoms with E-state index in [-0.39, 0.29) is 11.7 Å². The van der Waals surface area contributed by atoms with E-state index >= 15 is 0 Å². The fraction of sp³-hybridized carbons (Fsp3) is 0.429. The van der Waals surface area contributed by atoms with Gasteiger partial charge in [-0.05, 0) is 67.4 Å². The van der Waals surface area contributed by atoms with Gasteiger partial charge in [-0.15, -0.1) is 0 Å². The highest BCUT2D eigenvalue weighted by Gasteiger charge is 2.32. The van der Waals surface area contributed by atoms with E-state index in [4.69, 9.17) is 0 Å². The summed E-state index contributed by atoms with van der Waals surface area (Å²) in [5.41, 5.74) is 3.52. The Balaban J connectivity index is 1.34. The predicted octanol–water partition coefficient (Wildman–Crippen LogP) is 3.92. The van der Waals surface area contributed by atoms with Crippen LogP contribution in [0, 0.1) is 0 Å². The first-order valence-electron chi connectivity index (χ1n) is 12.9. The monoisotopic (exact) mass is 526 g/mol. The SMILES string of the molecule is CC1Cc2ccc(C(=O)Nc3cc(CN4CCN(C)CC4)cc(C(F)(F)F)c3)cc2CN1C1=CNCN=C1. The van der Waals surface area contributed by atoms with Crippen molar-refractivity contribution in [3.63, 3.8) is 0 Å². The summed E-state index contributed by atoms with van der Waals surface area (Å²) < 4.78 is 41.1. The Morgan fingerprint density at radius 3 is 2.61 bits per heavy atom. The minimum absolute atomic E-state index is 0.150. The van der Waals surface area contributed by atoms with Gasteiger partial charge in [0.15, 0.2) is 0 Å². The maximum Gasteiger partial charge on any atom is 0.416 e. The lowest BCUT2D eigenvalue weighted by molar-refractivity contribution is -0.137. The molecule has 1 unspecified atom stereocenters. The van der Waals surface area contributed by atoms with Gasteiger partial charge in [0.1, 0.15) is 6.67 Å². The summed E-state index contributed by atoms with van der Waals surface area (Å²) in [6, 6.07) is 9.65. The van der Waals surface area contributed by atoms with E-state index in [1.54, 1.807) is 12.1 Å². The van der Waals surface area contributed by atoms with Crippen molar-refractivity contribution in [3.8, 4) is 0 Å². The Hall–Kier alpha value is -3.37. The van der Waals surface area contributed by atoms with Gasteiger partial charge in [0.25, 0.3) is 5.91 Å². The van der Waals surface area contributed by atoms with Crippen molar-refractivity contribution >= 4 is 17.8 Å². The summed E-state index contributed by atoms with van der Waals surface area (Å²) in [5, 5.41) is 5.85. The summed E-state index contributed by atoms with van der Waals surface area (Å²) in [6.07, 6.45) is 0.113. The highest BCUT2D eigenvalue weighted by Crippen LogP contribution is 2.33. The summed E-state index contributed by atoms with van der Waals surface area (Å²) in [4.78, 5) is 24.0. The Bertz CT molecular complexity index is 1250.